The molecule has 0 radical (unpaired) electrons. The summed E-state index contributed by atoms with van der Waals surface area (Å²) in [7, 11) is -0.977. The van der Waals surface area contributed by atoms with Gasteiger partial charge in [-0.1, -0.05) is 72.5 Å². The molecule has 0 aliphatic carbocycles. The Morgan fingerprint density at radius 2 is 1.08 bits per heavy atom. The molecule has 0 unspecified atom stereocenters. The quantitative estimate of drug-likeness (QED) is 0.525. The predicted octanol–water partition coefficient (Wildman–Crippen LogP) is 5.08. The SMILES string of the molecule is CCC(CC)(CC)[Si](C)(CC)CC. The second-order valence-corrected chi connectivity index (χ2v) is 10.2. The zero-order chi connectivity index (χ0) is 10.5. The molecule has 0 aliphatic heterocycles. The van der Waals surface area contributed by atoms with Gasteiger partial charge in [-0.15, -0.1) is 0 Å². The van der Waals surface area contributed by atoms with E-state index in [2.05, 4.69) is 41.2 Å². The Kier molecular flexibility index (Phi) is 5.27. The zero-order valence-electron chi connectivity index (χ0n) is 10.5. The summed E-state index contributed by atoms with van der Waals surface area (Å²) < 4.78 is 0. The van der Waals surface area contributed by atoms with Crippen LogP contribution in [0.25, 0.3) is 0 Å². The molecule has 0 bridgehead atoms. The summed E-state index contributed by atoms with van der Waals surface area (Å²) in [4.78, 5) is 0. The Bertz CT molecular complexity index is 124. The number of hydrogen-bond donors (Lipinski definition) is 0. The molecular weight excluding hydrogens is 172 g/mol. The van der Waals surface area contributed by atoms with Crippen LogP contribution in [0.3, 0.4) is 0 Å². The van der Waals surface area contributed by atoms with Crippen molar-refractivity contribution in [3.63, 3.8) is 0 Å². The summed E-state index contributed by atoms with van der Waals surface area (Å²) in [5.74, 6) is 0. The molecule has 0 aromatic rings. The molecule has 0 atom stereocenters. The molecule has 0 saturated carbocycles. The van der Waals surface area contributed by atoms with Gasteiger partial charge >= 0.3 is 0 Å². The van der Waals surface area contributed by atoms with Gasteiger partial charge in [0.25, 0.3) is 0 Å². The molecule has 0 nitrogen and oxygen atoms in total. The van der Waals surface area contributed by atoms with Crippen molar-refractivity contribution in [1.82, 2.24) is 0 Å². The minimum absolute atomic E-state index is 0.719. The standard InChI is InChI=1S/C12H28Si/c1-7-12(8-2,9-3)13(6,10-4)11-5/h7-11H2,1-6H3. The maximum atomic E-state index is 2.61. The van der Waals surface area contributed by atoms with Crippen LogP contribution in [0.5, 0.6) is 0 Å². The van der Waals surface area contributed by atoms with Crippen molar-refractivity contribution in [3.8, 4) is 0 Å². The van der Waals surface area contributed by atoms with E-state index >= 15 is 0 Å². The zero-order valence-corrected chi connectivity index (χ0v) is 11.5. The van der Waals surface area contributed by atoms with Crippen molar-refractivity contribution >= 4 is 8.07 Å². The van der Waals surface area contributed by atoms with Gasteiger partial charge in [0.2, 0.25) is 0 Å². The Hall–Kier alpha value is 0.217. The molecule has 0 aliphatic rings. The smallest absolute Gasteiger partial charge is 0.0561 e. The Morgan fingerprint density at radius 3 is 1.15 bits per heavy atom. The average molecular weight is 200 g/mol. The molecule has 80 valence electrons. The van der Waals surface area contributed by atoms with Crippen LogP contribution in [0.1, 0.15) is 53.9 Å². The van der Waals surface area contributed by atoms with Gasteiger partial charge < -0.3 is 0 Å². The molecule has 13 heavy (non-hydrogen) atoms. The van der Waals surface area contributed by atoms with Gasteiger partial charge in [-0.05, 0) is 5.04 Å². The molecule has 0 heterocycles. The third-order valence-corrected chi connectivity index (χ3v) is 11.6. The molecule has 1 heteroatoms. The average Bonchev–Trinajstić information content (AvgIpc) is 2.20. The van der Waals surface area contributed by atoms with Gasteiger partial charge in [0.1, 0.15) is 0 Å². The Labute approximate surface area is 86.1 Å². The van der Waals surface area contributed by atoms with Crippen LogP contribution in [0.15, 0.2) is 0 Å². The molecule has 0 N–H and O–H groups in total. The van der Waals surface area contributed by atoms with Gasteiger partial charge in [-0.3, -0.25) is 0 Å². The first-order valence-corrected chi connectivity index (χ1v) is 8.97. The summed E-state index contributed by atoms with van der Waals surface area (Å²) in [6.45, 7) is 14.6. The highest BCUT2D eigenvalue weighted by atomic mass is 28.3. The monoisotopic (exact) mass is 200 g/mol. The van der Waals surface area contributed by atoms with Crippen LogP contribution in [-0.2, 0) is 0 Å². The minimum atomic E-state index is -0.977. The first kappa shape index (κ1) is 13.2. The van der Waals surface area contributed by atoms with Gasteiger partial charge in [0, 0.05) is 0 Å². The van der Waals surface area contributed by atoms with E-state index in [0.29, 0.717) is 0 Å². The van der Waals surface area contributed by atoms with E-state index in [0.717, 1.165) is 5.04 Å². The van der Waals surface area contributed by atoms with Crippen molar-refractivity contribution in [1.29, 1.82) is 0 Å². The lowest BCUT2D eigenvalue weighted by molar-refractivity contribution is 0.473. The molecule has 0 saturated heterocycles. The van der Waals surface area contributed by atoms with Crippen molar-refractivity contribution in [2.24, 2.45) is 0 Å². The summed E-state index contributed by atoms with van der Waals surface area (Å²) in [6, 6.07) is 2.91. The van der Waals surface area contributed by atoms with Crippen LogP contribution in [-0.4, -0.2) is 8.07 Å². The van der Waals surface area contributed by atoms with Gasteiger partial charge in [0.05, 0.1) is 8.07 Å². The van der Waals surface area contributed by atoms with E-state index in [-0.39, 0.29) is 0 Å². The number of rotatable bonds is 6. The van der Waals surface area contributed by atoms with Crippen LogP contribution in [0.4, 0.5) is 0 Å². The summed E-state index contributed by atoms with van der Waals surface area (Å²) >= 11 is 0. The minimum Gasteiger partial charge on any atom is -0.0688 e. The van der Waals surface area contributed by atoms with Crippen molar-refractivity contribution < 1.29 is 0 Å². The maximum absolute atomic E-state index is 2.61. The van der Waals surface area contributed by atoms with E-state index < -0.39 is 8.07 Å². The fourth-order valence-corrected chi connectivity index (χ4v) is 7.59. The van der Waals surface area contributed by atoms with Crippen LogP contribution in [0, 0.1) is 0 Å². The Morgan fingerprint density at radius 1 is 0.769 bits per heavy atom. The third kappa shape index (κ3) is 2.17. The molecule has 0 amide bonds. The van der Waals surface area contributed by atoms with Crippen molar-refractivity contribution in [2.75, 3.05) is 0 Å². The molecule has 0 rings (SSSR count). The summed E-state index contributed by atoms with van der Waals surface area (Å²) in [5.41, 5.74) is 0. The highest BCUT2D eigenvalue weighted by Crippen LogP contribution is 2.51. The summed E-state index contributed by atoms with van der Waals surface area (Å²) in [6.07, 6.45) is 4.18. The molecule has 0 spiro atoms. The van der Waals surface area contributed by atoms with Gasteiger partial charge in [-0.2, -0.15) is 0 Å². The van der Waals surface area contributed by atoms with E-state index in [1.807, 2.05) is 0 Å². The predicted molar refractivity (Wildman–Crippen MR) is 66.1 cm³/mol. The van der Waals surface area contributed by atoms with Crippen LogP contribution in [0.2, 0.25) is 23.7 Å². The van der Waals surface area contributed by atoms with Gasteiger partial charge in [-0.25, -0.2) is 0 Å². The van der Waals surface area contributed by atoms with Crippen LogP contribution < -0.4 is 0 Å². The molecule has 0 aromatic carbocycles. The van der Waals surface area contributed by atoms with Crippen molar-refractivity contribution in [3.05, 3.63) is 0 Å². The van der Waals surface area contributed by atoms with Gasteiger partial charge in [0.15, 0.2) is 0 Å². The molecule has 0 aromatic heterocycles. The van der Waals surface area contributed by atoms with Crippen LogP contribution >= 0.6 is 0 Å². The first-order chi connectivity index (χ1) is 6.05. The fourth-order valence-electron chi connectivity index (χ4n) is 3.03. The lowest BCUT2D eigenvalue weighted by Gasteiger charge is -2.46. The maximum Gasteiger partial charge on any atom is 0.0561 e. The first-order valence-electron chi connectivity index (χ1n) is 6.05. The lowest BCUT2D eigenvalue weighted by Crippen LogP contribution is -2.43. The normalized spacial score (nSPS) is 13.4. The number of hydrogen-bond acceptors (Lipinski definition) is 0. The molecule has 0 fully saturated rings. The van der Waals surface area contributed by atoms with Crippen molar-refractivity contribution in [2.45, 2.75) is 77.6 Å². The fraction of sp³-hybridized carbons (Fsp3) is 1.00. The highest BCUT2D eigenvalue weighted by molar-refractivity contribution is 6.81. The van der Waals surface area contributed by atoms with E-state index in [4.69, 9.17) is 0 Å². The van der Waals surface area contributed by atoms with E-state index in [9.17, 15) is 0 Å². The summed E-state index contributed by atoms with van der Waals surface area (Å²) in [5, 5.41) is 0.719. The van der Waals surface area contributed by atoms with E-state index in [1.165, 1.54) is 31.4 Å². The highest BCUT2D eigenvalue weighted by Gasteiger charge is 2.42. The third-order valence-electron chi connectivity index (χ3n) is 4.87. The topological polar surface area (TPSA) is 0 Å². The van der Waals surface area contributed by atoms with E-state index in [1.54, 1.807) is 0 Å². The molecular formula is C12H28Si. The second kappa shape index (κ2) is 5.19. The largest absolute Gasteiger partial charge is 0.0688 e. The second-order valence-electron chi connectivity index (χ2n) is 4.61. The Balaban J connectivity index is 4.87. The lowest BCUT2D eigenvalue weighted by atomic mass is 9.99.